The smallest absolute Gasteiger partial charge is 0.309 e. The Morgan fingerprint density at radius 3 is 2.37 bits per heavy atom. The molecule has 12 nitrogen and oxygen atoms in total. The van der Waals surface area contributed by atoms with Gasteiger partial charge in [-0.05, 0) is 103 Å². The molecule has 1 fully saturated rings. The molecule has 0 bridgehead atoms. The molecule has 0 saturated carbocycles. The van der Waals surface area contributed by atoms with E-state index >= 15 is 4.39 Å². The van der Waals surface area contributed by atoms with Crippen LogP contribution in [0.5, 0.6) is 0 Å². The Morgan fingerprint density at radius 1 is 1.05 bits per heavy atom. The van der Waals surface area contributed by atoms with Crippen molar-refractivity contribution in [1.29, 1.82) is 0 Å². The fourth-order valence-electron chi connectivity index (χ4n) is 7.83. The number of thiazole rings is 1. The first kappa shape index (κ1) is 50.7. The number of nitrogens with one attached hydrogen (secondary N) is 4. The zero-order valence-electron chi connectivity index (χ0n) is 38.0. The van der Waals surface area contributed by atoms with Crippen LogP contribution >= 0.6 is 11.3 Å². The van der Waals surface area contributed by atoms with E-state index in [9.17, 15) is 24.3 Å². The van der Waals surface area contributed by atoms with Crippen molar-refractivity contribution >= 4 is 40.7 Å². The molecular weight excluding hydrogens is 784 g/mol. The molecule has 3 rings (SSSR count). The number of halogens is 1. The number of rotatable bonds is 26. The fraction of sp³-hybridized carbons (Fsp3) is 0.717. The molecule has 2 heterocycles. The summed E-state index contributed by atoms with van der Waals surface area (Å²) in [5, 5.41) is 24.8. The zero-order chi connectivity index (χ0) is 44.6. The standard InChI is InChI=1S/C46H75FN6O6S/c1-11-14-15-18-23-53(44(56)40(31(8)12-2)52-41(54)36-19-16-17-22-48-36)38(29(4)5)26-39(59-13-3)43-51-37(28-60-43)42(55)50-33(27-46(9,10)45(57)58)24-32-20-21-35(34(47)25-32)49-30(6)7/h20-21,25,28-31,33,36,38-40,48-49H,11-19,22-24,26-27H2,1-10H3,(H,50,55)(H,52,54)(H,57,58)/t31-,33-,36+,38+,39+,40-/m0/s1. The number of amides is 3. The number of aliphatic carboxylic acids is 1. The second kappa shape index (κ2) is 24.7. The van der Waals surface area contributed by atoms with E-state index in [0.29, 0.717) is 35.8 Å². The molecule has 6 atom stereocenters. The highest BCUT2D eigenvalue weighted by Crippen LogP contribution is 2.32. The van der Waals surface area contributed by atoms with Crippen LogP contribution in [0.25, 0.3) is 0 Å². The van der Waals surface area contributed by atoms with Crippen LogP contribution in [0.15, 0.2) is 23.6 Å². The van der Waals surface area contributed by atoms with Gasteiger partial charge in [-0.3, -0.25) is 19.2 Å². The number of hydrogen-bond acceptors (Lipinski definition) is 9. The average Bonchev–Trinajstić information content (AvgIpc) is 3.70. The van der Waals surface area contributed by atoms with E-state index in [4.69, 9.17) is 9.72 Å². The molecule has 2 aromatic rings. The van der Waals surface area contributed by atoms with Crippen LogP contribution in [0.4, 0.5) is 10.1 Å². The molecule has 1 aliphatic rings. The summed E-state index contributed by atoms with van der Waals surface area (Å²) in [6.07, 6.45) is 7.66. The molecular formula is C46H75FN6O6S. The van der Waals surface area contributed by atoms with Crippen molar-refractivity contribution in [3.05, 3.63) is 45.7 Å². The number of ether oxygens (including phenoxy) is 1. The van der Waals surface area contributed by atoms with Gasteiger partial charge in [-0.2, -0.15) is 0 Å². The van der Waals surface area contributed by atoms with Crippen molar-refractivity contribution in [3.63, 3.8) is 0 Å². The van der Waals surface area contributed by atoms with E-state index in [1.807, 2.05) is 39.5 Å². The van der Waals surface area contributed by atoms with Gasteiger partial charge in [-0.1, -0.05) is 72.8 Å². The number of carbonyl (C=O) groups is 4. The predicted molar refractivity (Wildman–Crippen MR) is 239 cm³/mol. The number of hydrogen-bond donors (Lipinski definition) is 5. The lowest BCUT2D eigenvalue weighted by atomic mass is 9.84. The third-order valence-corrected chi connectivity index (χ3v) is 12.5. The van der Waals surface area contributed by atoms with Gasteiger partial charge in [0.1, 0.15) is 28.7 Å². The van der Waals surface area contributed by atoms with E-state index in [1.165, 1.54) is 17.4 Å². The Balaban J connectivity index is 1.91. The van der Waals surface area contributed by atoms with Crippen LogP contribution in [0.1, 0.15) is 161 Å². The number of nitrogens with zero attached hydrogens (tertiary/aromatic N) is 2. The maximum atomic E-state index is 15.0. The summed E-state index contributed by atoms with van der Waals surface area (Å²) >= 11 is 1.31. The first-order chi connectivity index (χ1) is 28.4. The Hall–Kier alpha value is -3.62. The van der Waals surface area contributed by atoms with Crippen molar-refractivity contribution in [3.8, 4) is 0 Å². The maximum absolute atomic E-state index is 15.0. The maximum Gasteiger partial charge on any atom is 0.309 e. The summed E-state index contributed by atoms with van der Waals surface area (Å²) in [7, 11) is 0. The quantitative estimate of drug-likeness (QED) is 0.0584. The number of carboxylic acids is 1. The normalized spacial score (nSPS) is 17.1. The fourth-order valence-corrected chi connectivity index (χ4v) is 8.69. The molecule has 14 heteroatoms. The highest BCUT2D eigenvalue weighted by atomic mass is 32.1. The molecule has 1 aromatic carbocycles. The topological polar surface area (TPSA) is 162 Å². The van der Waals surface area contributed by atoms with Crippen molar-refractivity contribution in [2.75, 3.05) is 25.0 Å². The first-order valence-corrected chi connectivity index (χ1v) is 23.3. The summed E-state index contributed by atoms with van der Waals surface area (Å²) in [5.74, 6) is -2.14. The molecule has 5 N–H and O–H groups in total. The third kappa shape index (κ3) is 15.4. The van der Waals surface area contributed by atoms with Gasteiger partial charge in [0.05, 0.1) is 17.1 Å². The van der Waals surface area contributed by atoms with E-state index in [-0.39, 0.29) is 60.3 Å². The minimum absolute atomic E-state index is 0.0391. The van der Waals surface area contributed by atoms with Crippen LogP contribution in [0.2, 0.25) is 0 Å². The number of anilines is 1. The van der Waals surface area contributed by atoms with Crippen molar-refractivity contribution < 1.29 is 33.4 Å². The van der Waals surface area contributed by atoms with Gasteiger partial charge in [0.25, 0.3) is 5.91 Å². The SMILES string of the molecule is CCCCCCN(C(=O)[C@@H](NC(=O)[C@H]1CCCCN1)[C@@H](C)CC)[C@H](C[C@@H](OCC)c1nc(C(=O)N[C@@H](Cc2ccc(NC(C)C)c(F)c2)CC(C)(C)C(=O)O)cs1)C(C)C. The lowest BCUT2D eigenvalue weighted by Crippen LogP contribution is -2.58. The number of unbranched alkanes of at least 4 members (excludes halogenated alkanes) is 3. The lowest BCUT2D eigenvalue weighted by Gasteiger charge is -2.40. The van der Waals surface area contributed by atoms with Crippen LogP contribution in [-0.4, -0.2) is 88.6 Å². The third-order valence-electron chi connectivity index (χ3n) is 11.6. The highest BCUT2D eigenvalue weighted by Gasteiger charge is 2.38. The van der Waals surface area contributed by atoms with Gasteiger partial charge in [0.15, 0.2) is 0 Å². The summed E-state index contributed by atoms with van der Waals surface area (Å²) < 4.78 is 21.4. The Kier molecular flexibility index (Phi) is 20.9. The molecule has 1 aliphatic heterocycles. The summed E-state index contributed by atoms with van der Waals surface area (Å²) in [6.45, 7) is 21.1. The van der Waals surface area contributed by atoms with Gasteiger partial charge in [-0.25, -0.2) is 9.37 Å². The Labute approximate surface area is 363 Å². The van der Waals surface area contributed by atoms with Gasteiger partial charge < -0.3 is 36.0 Å². The molecule has 0 aliphatic carbocycles. The van der Waals surface area contributed by atoms with Crippen LogP contribution in [-0.2, 0) is 25.5 Å². The van der Waals surface area contributed by atoms with Crippen LogP contribution in [0.3, 0.4) is 0 Å². The molecule has 1 aromatic heterocycles. The largest absolute Gasteiger partial charge is 0.481 e. The van der Waals surface area contributed by atoms with E-state index < -0.39 is 41.3 Å². The summed E-state index contributed by atoms with van der Waals surface area (Å²) in [5.41, 5.74) is -0.00185. The van der Waals surface area contributed by atoms with Gasteiger partial charge >= 0.3 is 5.97 Å². The van der Waals surface area contributed by atoms with Crippen molar-refractivity contribution in [2.45, 2.75) is 176 Å². The number of aromatic nitrogens is 1. The van der Waals surface area contributed by atoms with E-state index in [0.717, 1.165) is 57.9 Å². The second-order valence-corrected chi connectivity index (χ2v) is 18.8. The molecule has 0 unspecified atom stereocenters. The molecule has 1 saturated heterocycles. The average molecular weight is 859 g/mol. The van der Waals surface area contributed by atoms with E-state index in [2.05, 4.69) is 42.0 Å². The zero-order valence-corrected chi connectivity index (χ0v) is 38.8. The van der Waals surface area contributed by atoms with Gasteiger partial charge in [-0.15, -0.1) is 11.3 Å². The molecule has 60 heavy (non-hydrogen) atoms. The van der Waals surface area contributed by atoms with E-state index in [1.54, 1.807) is 31.4 Å². The first-order valence-electron chi connectivity index (χ1n) is 22.4. The van der Waals surface area contributed by atoms with Crippen LogP contribution < -0.4 is 21.3 Å². The molecule has 3 amide bonds. The second-order valence-electron chi connectivity index (χ2n) is 17.9. The molecule has 0 spiro atoms. The predicted octanol–water partition coefficient (Wildman–Crippen LogP) is 8.52. The summed E-state index contributed by atoms with van der Waals surface area (Å²) in [6, 6.07) is 3.03. The monoisotopic (exact) mass is 859 g/mol. The van der Waals surface area contributed by atoms with Crippen LogP contribution in [0, 0.1) is 23.1 Å². The van der Waals surface area contributed by atoms with Crippen molar-refractivity contribution in [1.82, 2.24) is 25.8 Å². The Morgan fingerprint density at radius 2 is 1.78 bits per heavy atom. The Bertz CT molecular complexity index is 1660. The molecule has 338 valence electrons. The minimum atomic E-state index is -1.17. The number of piperidine rings is 1. The van der Waals surface area contributed by atoms with Gasteiger partial charge in [0.2, 0.25) is 11.8 Å². The highest BCUT2D eigenvalue weighted by molar-refractivity contribution is 7.09. The number of carbonyl (C=O) groups excluding carboxylic acids is 3. The number of benzene rings is 1. The van der Waals surface area contributed by atoms with Gasteiger partial charge in [0, 0.05) is 43.1 Å². The molecule has 0 radical (unpaired) electrons. The van der Waals surface area contributed by atoms with Crippen molar-refractivity contribution in [2.24, 2.45) is 17.3 Å². The minimum Gasteiger partial charge on any atom is -0.481 e. The lowest BCUT2D eigenvalue weighted by molar-refractivity contribution is -0.147. The summed E-state index contributed by atoms with van der Waals surface area (Å²) in [4.78, 5) is 61.1. The number of carboxylic acid groups (broad SMARTS) is 1.